The fourth-order valence-electron chi connectivity index (χ4n) is 1.44. The molecule has 1 saturated heterocycles. The minimum Gasteiger partial charge on any atom is -0.396 e. The molecular weight excluding hydrogens is 170 g/mol. The molecule has 0 amide bonds. The van der Waals surface area contributed by atoms with Crippen molar-refractivity contribution in [3.8, 4) is 0 Å². The molecule has 1 aliphatic rings. The summed E-state index contributed by atoms with van der Waals surface area (Å²) in [4.78, 5) is 0. The lowest BCUT2D eigenvalue weighted by atomic mass is 10.3. The summed E-state index contributed by atoms with van der Waals surface area (Å²) in [5.41, 5.74) is 0. The normalized spacial score (nSPS) is 26.0. The minimum absolute atomic E-state index is 0.326. The van der Waals surface area contributed by atoms with Gasteiger partial charge in [-0.1, -0.05) is 6.92 Å². The van der Waals surface area contributed by atoms with Crippen LogP contribution in [-0.4, -0.2) is 35.3 Å². The van der Waals surface area contributed by atoms with E-state index in [9.17, 15) is 0 Å². The third kappa shape index (κ3) is 3.78. The topological polar surface area (TPSA) is 32.3 Å². The average Bonchev–Trinajstić information content (AvgIpc) is 2.53. The maximum Gasteiger partial charge on any atom is 0.0441 e. The summed E-state index contributed by atoms with van der Waals surface area (Å²) in [6.07, 6.45) is 3.59. The Balaban J connectivity index is 1.99. The van der Waals surface area contributed by atoms with Crippen LogP contribution in [0.15, 0.2) is 0 Å². The Labute approximate surface area is 79.1 Å². The van der Waals surface area contributed by atoms with Crippen LogP contribution in [0.3, 0.4) is 0 Å². The number of hydrogen-bond acceptors (Lipinski definition) is 3. The number of aliphatic hydroxyl groups is 1. The lowest BCUT2D eigenvalue weighted by Gasteiger charge is -2.13. The van der Waals surface area contributed by atoms with Crippen LogP contribution in [0, 0.1) is 0 Å². The second-order valence-electron chi connectivity index (χ2n) is 3.45. The summed E-state index contributed by atoms with van der Waals surface area (Å²) in [7, 11) is 0. The van der Waals surface area contributed by atoms with Gasteiger partial charge in [0.25, 0.3) is 0 Å². The summed E-state index contributed by atoms with van der Waals surface area (Å²) < 4.78 is 0. The van der Waals surface area contributed by atoms with Gasteiger partial charge in [0.15, 0.2) is 0 Å². The largest absolute Gasteiger partial charge is 0.396 e. The van der Waals surface area contributed by atoms with Gasteiger partial charge in [-0.3, -0.25) is 0 Å². The number of hydrogen-bond donors (Lipinski definition) is 2. The Morgan fingerprint density at radius 3 is 3.08 bits per heavy atom. The highest BCUT2D eigenvalue weighted by Crippen LogP contribution is 2.18. The summed E-state index contributed by atoms with van der Waals surface area (Å²) in [6, 6.07) is 0.733. The molecule has 0 aliphatic carbocycles. The summed E-state index contributed by atoms with van der Waals surface area (Å²) in [6.45, 7) is 3.71. The molecule has 1 aliphatic heterocycles. The van der Waals surface area contributed by atoms with Gasteiger partial charge < -0.3 is 10.4 Å². The Morgan fingerprint density at radius 2 is 2.50 bits per heavy atom. The molecule has 0 aromatic carbocycles. The maximum absolute atomic E-state index is 8.70. The van der Waals surface area contributed by atoms with E-state index in [2.05, 4.69) is 12.2 Å². The molecule has 3 heteroatoms. The lowest BCUT2D eigenvalue weighted by molar-refractivity contribution is 0.289. The summed E-state index contributed by atoms with van der Waals surface area (Å²) in [5, 5.41) is 12.8. The standard InChI is InChI=1S/C9H19NOS/c1-8(4-6-11)12-7-9-3-2-5-10-9/h8-11H,2-7H2,1H3/t8?,9-/m1/s1. The van der Waals surface area contributed by atoms with Crippen molar-refractivity contribution in [1.29, 1.82) is 0 Å². The second kappa shape index (κ2) is 5.84. The SMILES string of the molecule is CC(CCO)SC[C@H]1CCCN1. The van der Waals surface area contributed by atoms with Gasteiger partial charge in [-0.15, -0.1) is 0 Å². The molecule has 72 valence electrons. The molecule has 2 atom stereocenters. The van der Waals surface area contributed by atoms with Crippen LogP contribution in [-0.2, 0) is 0 Å². The first-order valence-corrected chi connectivity index (χ1v) is 5.83. The van der Waals surface area contributed by atoms with Crippen molar-refractivity contribution in [1.82, 2.24) is 5.32 Å². The number of nitrogens with one attached hydrogen (secondary N) is 1. The fourth-order valence-corrected chi connectivity index (χ4v) is 2.56. The van der Waals surface area contributed by atoms with E-state index in [4.69, 9.17) is 5.11 Å². The van der Waals surface area contributed by atoms with Crippen molar-refractivity contribution in [2.45, 2.75) is 37.5 Å². The van der Waals surface area contributed by atoms with Crippen LogP contribution in [0.5, 0.6) is 0 Å². The smallest absolute Gasteiger partial charge is 0.0441 e. The predicted octanol–water partition coefficient (Wildman–Crippen LogP) is 1.24. The van der Waals surface area contributed by atoms with Crippen LogP contribution in [0.2, 0.25) is 0 Å². The molecule has 2 N–H and O–H groups in total. The number of thioether (sulfide) groups is 1. The van der Waals surface area contributed by atoms with E-state index in [1.807, 2.05) is 11.8 Å². The van der Waals surface area contributed by atoms with Crippen molar-refractivity contribution in [2.24, 2.45) is 0 Å². The van der Waals surface area contributed by atoms with Crippen molar-refractivity contribution in [2.75, 3.05) is 18.9 Å². The lowest BCUT2D eigenvalue weighted by Crippen LogP contribution is -2.24. The van der Waals surface area contributed by atoms with Crippen molar-refractivity contribution in [3.05, 3.63) is 0 Å². The molecule has 1 fully saturated rings. The summed E-state index contributed by atoms with van der Waals surface area (Å²) >= 11 is 1.98. The second-order valence-corrected chi connectivity index (χ2v) is 4.92. The first-order chi connectivity index (χ1) is 5.83. The third-order valence-electron chi connectivity index (χ3n) is 2.28. The molecule has 1 rings (SSSR count). The van der Waals surface area contributed by atoms with E-state index < -0.39 is 0 Å². The monoisotopic (exact) mass is 189 g/mol. The zero-order valence-corrected chi connectivity index (χ0v) is 8.57. The van der Waals surface area contributed by atoms with Crippen molar-refractivity contribution >= 4 is 11.8 Å². The molecule has 0 spiro atoms. The first-order valence-electron chi connectivity index (χ1n) is 4.78. The van der Waals surface area contributed by atoms with E-state index in [1.54, 1.807) is 0 Å². The van der Waals surface area contributed by atoms with Crippen LogP contribution >= 0.6 is 11.8 Å². The molecule has 0 aromatic heterocycles. The van der Waals surface area contributed by atoms with E-state index >= 15 is 0 Å². The van der Waals surface area contributed by atoms with Gasteiger partial charge in [0.05, 0.1) is 0 Å². The Morgan fingerprint density at radius 1 is 1.67 bits per heavy atom. The van der Waals surface area contributed by atoms with E-state index in [-0.39, 0.29) is 0 Å². The van der Waals surface area contributed by atoms with E-state index in [1.165, 1.54) is 25.1 Å². The van der Waals surface area contributed by atoms with Gasteiger partial charge in [-0.25, -0.2) is 0 Å². The molecule has 0 radical (unpaired) electrons. The Hall–Kier alpha value is 0.270. The van der Waals surface area contributed by atoms with Gasteiger partial charge in [0.2, 0.25) is 0 Å². The van der Waals surface area contributed by atoms with Crippen LogP contribution < -0.4 is 5.32 Å². The quantitative estimate of drug-likeness (QED) is 0.682. The van der Waals surface area contributed by atoms with Gasteiger partial charge in [0, 0.05) is 23.7 Å². The number of rotatable bonds is 5. The third-order valence-corrected chi connectivity index (χ3v) is 3.68. The fraction of sp³-hybridized carbons (Fsp3) is 1.00. The highest BCUT2D eigenvalue weighted by molar-refractivity contribution is 7.99. The molecule has 0 aromatic rings. The molecule has 0 bridgehead atoms. The van der Waals surface area contributed by atoms with Gasteiger partial charge in [0.1, 0.15) is 0 Å². The zero-order valence-electron chi connectivity index (χ0n) is 7.75. The number of aliphatic hydroxyl groups excluding tert-OH is 1. The predicted molar refractivity (Wildman–Crippen MR) is 54.6 cm³/mol. The first kappa shape index (κ1) is 10.4. The highest BCUT2D eigenvalue weighted by Gasteiger charge is 2.14. The maximum atomic E-state index is 8.70. The van der Waals surface area contributed by atoms with Crippen LogP contribution in [0.25, 0.3) is 0 Å². The Bertz CT molecular complexity index is 115. The van der Waals surface area contributed by atoms with Crippen LogP contribution in [0.4, 0.5) is 0 Å². The van der Waals surface area contributed by atoms with Gasteiger partial charge in [-0.05, 0) is 25.8 Å². The summed E-state index contributed by atoms with van der Waals surface area (Å²) in [5.74, 6) is 1.21. The van der Waals surface area contributed by atoms with E-state index in [0.29, 0.717) is 11.9 Å². The molecule has 2 nitrogen and oxygen atoms in total. The molecule has 1 heterocycles. The Kier molecular flexibility index (Phi) is 5.04. The minimum atomic E-state index is 0.326. The zero-order chi connectivity index (χ0) is 8.81. The average molecular weight is 189 g/mol. The van der Waals surface area contributed by atoms with Crippen molar-refractivity contribution < 1.29 is 5.11 Å². The molecule has 0 saturated carbocycles. The molecule has 1 unspecified atom stereocenters. The highest BCUT2D eigenvalue weighted by atomic mass is 32.2. The molecule has 12 heavy (non-hydrogen) atoms. The van der Waals surface area contributed by atoms with E-state index in [0.717, 1.165) is 12.5 Å². The van der Waals surface area contributed by atoms with Gasteiger partial charge >= 0.3 is 0 Å². The van der Waals surface area contributed by atoms with Gasteiger partial charge in [-0.2, -0.15) is 11.8 Å². The molecular formula is C9H19NOS. The van der Waals surface area contributed by atoms with Crippen molar-refractivity contribution in [3.63, 3.8) is 0 Å². The van der Waals surface area contributed by atoms with Crippen LogP contribution in [0.1, 0.15) is 26.2 Å².